The Morgan fingerprint density at radius 2 is 1.65 bits per heavy atom. The molecule has 136 valence electrons. The summed E-state index contributed by atoms with van der Waals surface area (Å²) in [6, 6.07) is 17.4. The molecule has 3 N–H and O–H groups in total. The second-order valence-electron chi connectivity index (χ2n) is 6.87. The molecular formula is C21H25N3O2. The highest BCUT2D eigenvalue weighted by Gasteiger charge is 2.21. The Morgan fingerprint density at radius 1 is 1.00 bits per heavy atom. The van der Waals surface area contributed by atoms with Crippen LogP contribution in [0.4, 0.5) is 5.69 Å². The highest BCUT2D eigenvalue weighted by atomic mass is 16.2. The number of primary amides is 1. The molecule has 0 atom stereocenters. The number of para-hydroxylation sites is 1. The lowest BCUT2D eigenvalue weighted by atomic mass is 9.90. The van der Waals surface area contributed by atoms with E-state index < -0.39 is 5.91 Å². The third-order valence-corrected chi connectivity index (χ3v) is 4.91. The molecule has 2 aromatic rings. The topological polar surface area (TPSA) is 75.4 Å². The summed E-state index contributed by atoms with van der Waals surface area (Å²) in [6.45, 7) is 2.18. The number of nitrogens with one attached hydrogen (secondary N) is 1. The first kappa shape index (κ1) is 18.1. The van der Waals surface area contributed by atoms with Gasteiger partial charge in [0.05, 0.1) is 17.8 Å². The van der Waals surface area contributed by atoms with Crippen molar-refractivity contribution < 1.29 is 9.59 Å². The van der Waals surface area contributed by atoms with Gasteiger partial charge in [-0.25, -0.2) is 0 Å². The highest BCUT2D eigenvalue weighted by molar-refractivity contribution is 6.03. The normalized spacial score (nSPS) is 15.5. The molecule has 1 heterocycles. The first-order valence-corrected chi connectivity index (χ1v) is 9.07. The van der Waals surface area contributed by atoms with Crippen molar-refractivity contribution in [2.45, 2.75) is 19.3 Å². The largest absolute Gasteiger partial charge is 0.366 e. The number of carbonyl (C=O) groups excluding carboxylic acids is 2. The molecule has 2 amide bonds. The van der Waals surface area contributed by atoms with Crippen LogP contribution in [0.2, 0.25) is 0 Å². The predicted molar refractivity (Wildman–Crippen MR) is 103 cm³/mol. The molecule has 0 unspecified atom stereocenters. The van der Waals surface area contributed by atoms with Crippen LogP contribution in [-0.2, 0) is 11.2 Å². The van der Waals surface area contributed by atoms with Gasteiger partial charge >= 0.3 is 0 Å². The van der Waals surface area contributed by atoms with Gasteiger partial charge < -0.3 is 11.1 Å². The van der Waals surface area contributed by atoms with Crippen LogP contribution in [0, 0.1) is 5.92 Å². The van der Waals surface area contributed by atoms with E-state index >= 15 is 0 Å². The minimum Gasteiger partial charge on any atom is -0.366 e. The van der Waals surface area contributed by atoms with Gasteiger partial charge in [-0.3, -0.25) is 14.5 Å². The Labute approximate surface area is 154 Å². The first-order chi connectivity index (χ1) is 12.6. The van der Waals surface area contributed by atoms with Crippen molar-refractivity contribution in [3.8, 4) is 0 Å². The summed E-state index contributed by atoms with van der Waals surface area (Å²) in [5, 5.41) is 2.81. The number of hydrogen-bond acceptors (Lipinski definition) is 3. The Morgan fingerprint density at radius 3 is 2.35 bits per heavy atom. The van der Waals surface area contributed by atoms with Crippen LogP contribution in [0.5, 0.6) is 0 Å². The van der Waals surface area contributed by atoms with Crippen LogP contribution in [0.15, 0.2) is 54.6 Å². The zero-order valence-electron chi connectivity index (χ0n) is 14.9. The van der Waals surface area contributed by atoms with Gasteiger partial charge in [0, 0.05) is 0 Å². The third kappa shape index (κ3) is 4.92. The molecule has 0 aliphatic carbocycles. The van der Waals surface area contributed by atoms with Crippen LogP contribution in [0.25, 0.3) is 0 Å². The van der Waals surface area contributed by atoms with Crippen LogP contribution in [0.1, 0.15) is 28.8 Å². The number of nitrogens with zero attached hydrogens (tertiary/aromatic N) is 1. The minimum atomic E-state index is -0.539. The van der Waals surface area contributed by atoms with Crippen molar-refractivity contribution >= 4 is 17.5 Å². The molecule has 1 aliphatic rings. The zero-order valence-corrected chi connectivity index (χ0v) is 14.9. The molecule has 1 aliphatic heterocycles. The molecule has 5 heteroatoms. The quantitative estimate of drug-likeness (QED) is 0.840. The van der Waals surface area contributed by atoms with Gasteiger partial charge in [-0.05, 0) is 56.0 Å². The number of amides is 2. The van der Waals surface area contributed by atoms with Crippen LogP contribution in [-0.4, -0.2) is 36.3 Å². The minimum absolute atomic E-state index is 0.111. The molecule has 5 nitrogen and oxygen atoms in total. The molecule has 1 saturated heterocycles. The molecule has 0 saturated carbocycles. The van der Waals surface area contributed by atoms with Gasteiger partial charge in [-0.2, -0.15) is 0 Å². The van der Waals surface area contributed by atoms with E-state index in [9.17, 15) is 9.59 Å². The number of piperidine rings is 1. The fraction of sp³-hybridized carbons (Fsp3) is 0.333. The molecule has 26 heavy (non-hydrogen) atoms. The molecule has 0 aromatic heterocycles. The maximum Gasteiger partial charge on any atom is 0.250 e. The van der Waals surface area contributed by atoms with E-state index in [1.165, 1.54) is 5.56 Å². The lowest BCUT2D eigenvalue weighted by Gasteiger charge is -2.31. The average molecular weight is 351 g/mol. The summed E-state index contributed by atoms with van der Waals surface area (Å²) in [5.41, 5.74) is 7.55. The number of rotatable bonds is 6. The van der Waals surface area contributed by atoms with Gasteiger partial charge in [0.1, 0.15) is 0 Å². The molecule has 0 radical (unpaired) electrons. The lowest BCUT2D eigenvalue weighted by molar-refractivity contribution is -0.117. The van der Waals surface area contributed by atoms with Crippen LogP contribution in [0.3, 0.4) is 0 Å². The SMILES string of the molecule is NC(=O)c1ccccc1NC(=O)CN1CCC(Cc2ccccc2)CC1. The average Bonchev–Trinajstić information content (AvgIpc) is 2.64. The summed E-state index contributed by atoms with van der Waals surface area (Å²) < 4.78 is 0. The van der Waals surface area contributed by atoms with E-state index in [4.69, 9.17) is 5.73 Å². The number of likely N-dealkylation sites (tertiary alicyclic amines) is 1. The van der Waals surface area contributed by atoms with E-state index in [2.05, 4.69) is 34.5 Å². The smallest absolute Gasteiger partial charge is 0.250 e. The van der Waals surface area contributed by atoms with Gasteiger partial charge in [0.15, 0.2) is 0 Å². The summed E-state index contributed by atoms with van der Waals surface area (Å²) in [7, 11) is 0. The summed E-state index contributed by atoms with van der Waals surface area (Å²) in [4.78, 5) is 25.9. The molecule has 2 aromatic carbocycles. The van der Waals surface area contributed by atoms with Crippen molar-refractivity contribution in [2.75, 3.05) is 25.0 Å². The maximum absolute atomic E-state index is 12.3. The van der Waals surface area contributed by atoms with Gasteiger partial charge in [-0.15, -0.1) is 0 Å². The van der Waals surface area contributed by atoms with Gasteiger partial charge in [0.2, 0.25) is 5.91 Å². The molecule has 0 bridgehead atoms. The number of carbonyl (C=O) groups is 2. The molecule has 3 rings (SSSR count). The van der Waals surface area contributed by atoms with Crippen molar-refractivity contribution in [3.05, 3.63) is 65.7 Å². The maximum atomic E-state index is 12.3. The van der Waals surface area contributed by atoms with Crippen molar-refractivity contribution in [1.29, 1.82) is 0 Å². The standard InChI is InChI=1S/C21H25N3O2/c22-21(26)18-8-4-5-9-19(18)23-20(25)15-24-12-10-17(11-13-24)14-16-6-2-1-3-7-16/h1-9,17H,10-15H2,(H2,22,26)(H,23,25). The van der Waals surface area contributed by atoms with Crippen molar-refractivity contribution in [3.63, 3.8) is 0 Å². The lowest BCUT2D eigenvalue weighted by Crippen LogP contribution is -2.39. The summed E-state index contributed by atoms with van der Waals surface area (Å²) >= 11 is 0. The van der Waals surface area contributed by atoms with Crippen LogP contribution < -0.4 is 11.1 Å². The Hall–Kier alpha value is -2.66. The fourth-order valence-electron chi connectivity index (χ4n) is 3.50. The van der Waals surface area contributed by atoms with Crippen LogP contribution >= 0.6 is 0 Å². The second-order valence-corrected chi connectivity index (χ2v) is 6.87. The monoisotopic (exact) mass is 351 g/mol. The van der Waals surface area contributed by atoms with E-state index in [0.717, 1.165) is 32.4 Å². The van der Waals surface area contributed by atoms with Crippen molar-refractivity contribution in [2.24, 2.45) is 11.7 Å². The number of hydrogen-bond donors (Lipinski definition) is 2. The highest BCUT2D eigenvalue weighted by Crippen LogP contribution is 2.21. The Kier molecular flexibility index (Phi) is 6.02. The van der Waals surface area contributed by atoms with E-state index in [-0.39, 0.29) is 5.91 Å². The first-order valence-electron chi connectivity index (χ1n) is 9.07. The zero-order chi connectivity index (χ0) is 18.4. The van der Waals surface area contributed by atoms with Crippen molar-refractivity contribution in [1.82, 2.24) is 4.90 Å². The van der Waals surface area contributed by atoms with E-state index in [0.29, 0.717) is 23.7 Å². The number of benzene rings is 2. The second kappa shape index (κ2) is 8.63. The van der Waals surface area contributed by atoms with Gasteiger partial charge in [0.25, 0.3) is 5.91 Å². The van der Waals surface area contributed by atoms with Gasteiger partial charge in [-0.1, -0.05) is 42.5 Å². The Bertz CT molecular complexity index is 753. The van der Waals surface area contributed by atoms with E-state index in [1.807, 2.05) is 6.07 Å². The summed E-state index contributed by atoms with van der Waals surface area (Å²) in [6.07, 6.45) is 3.30. The number of nitrogens with two attached hydrogens (primary N) is 1. The molecule has 0 spiro atoms. The summed E-state index contributed by atoms with van der Waals surface area (Å²) in [5.74, 6) is 0.0233. The third-order valence-electron chi connectivity index (χ3n) is 4.91. The molecule has 1 fully saturated rings. The number of anilines is 1. The fourth-order valence-corrected chi connectivity index (χ4v) is 3.50. The van der Waals surface area contributed by atoms with E-state index in [1.54, 1.807) is 24.3 Å². The predicted octanol–water partition coefficient (Wildman–Crippen LogP) is 2.68. The Balaban J connectivity index is 1.47. The molecular weight excluding hydrogens is 326 g/mol.